The zero-order valence-corrected chi connectivity index (χ0v) is 13.9. The first-order valence-electron chi connectivity index (χ1n) is 7.41. The third-order valence-electron chi connectivity index (χ3n) is 2.32. The second-order valence-corrected chi connectivity index (χ2v) is 5.54. The van der Waals surface area contributed by atoms with E-state index in [2.05, 4.69) is 75.2 Å². The molecule has 0 aliphatic carbocycles. The van der Waals surface area contributed by atoms with E-state index in [-0.39, 0.29) is 5.41 Å². The molecule has 20 heavy (non-hydrogen) atoms. The topological polar surface area (TPSA) is 12.0 Å². The highest BCUT2D eigenvalue weighted by Crippen LogP contribution is 2.09. The molecule has 0 spiro atoms. The van der Waals surface area contributed by atoms with Crippen LogP contribution in [-0.2, 0) is 6.54 Å². The fraction of sp³-hybridized carbons (Fsp3) is 0.474. The molecule has 1 rings (SSSR count). The van der Waals surface area contributed by atoms with Gasteiger partial charge in [-0.3, -0.25) is 0 Å². The van der Waals surface area contributed by atoms with Crippen LogP contribution in [0.25, 0.3) is 0 Å². The highest BCUT2D eigenvalue weighted by atomic mass is 14.8. The number of rotatable bonds is 4. The maximum atomic E-state index is 3.37. The lowest BCUT2D eigenvalue weighted by Crippen LogP contribution is -2.12. The summed E-state index contributed by atoms with van der Waals surface area (Å²) >= 11 is 0. The molecule has 110 valence electrons. The van der Waals surface area contributed by atoms with Gasteiger partial charge in [0.2, 0.25) is 0 Å². The maximum absolute atomic E-state index is 3.37. The Kier molecular flexibility index (Phi) is 9.51. The number of hydrogen-bond donors (Lipinski definition) is 1. The monoisotopic (exact) mass is 271 g/mol. The van der Waals surface area contributed by atoms with Crippen molar-refractivity contribution < 1.29 is 0 Å². The van der Waals surface area contributed by atoms with Gasteiger partial charge in [0.15, 0.2) is 0 Å². The minimum absolute atomic E-state index is 0.0827. The van der Waals surface area contributed by atoms with Crippen molar-refractivity contribution in [3.05, 3.63) is 47.5 Å². The van der Waals surface area contributed by atoms with Gasteiger partial charge < -0.3 is 5.32 Å². The van der Waals surface area contributed by atoms with Gasteiger partial charge in [0.1, 0.15) is 0 Å². The van der Waals surface area contributed by atoms with Crippen LogP contribution in [0, 0.1) is 24.2 Å². The molecule has 0 heterocycles. The quantitative estimate of drug-likeness (QED) is 0.617. The van der Waals surface area contributed by atoms with Gasteiger partial charge in [0, 0.05) is 18.5 Å². The Labute approximate surface area is 125 Å². The van der Waals surface area contributed by atoms with E-state index in [0.29, 0.717) is 0 Å². The molecule has 1 aromatic carbocycles. The minimum atomic E-state index is 0.0827. The van der Waals surface area contributed by atoms with E-state index in [0.717, 1.165) is 13.1 Å². The fourth-order valence-corrected chi connectivity index (χ4v) is 1.50. The average molecular weight is 271 g/mol. The molecule has 0 saturated carbocycles. The Morgan fingerprint density at radius 3 is 2.50 bits per heavy atom. The molecular weight excluding hydrogens is 242 g/mol. The first kappa shape index (κ1) is 18.5. The van der Waals surface area contributed by atoms with Gasteiger partial charge in [-0.25, -0.2) is 0 Å². The molecule has 0 atom stereocenters. The minimum Gasteiger partial charge on any atom is -0.309 e. The van der Waals surface area contributed by atoms with Gasteiger partial charge in [0.05, 0.1) is 0 Å². The van der Waals surface area contributed by atoms with Crippen LogP contribution < -0.4 is 5.32 Å². The zero-order chi connectivity index (χ0) is 15.4. The molecule has 0 aliphatic heterocycles. The summed E-state index contributed by atoms with van der Waals surface area (Å²) in [5.74, 6) is 6.24. The molecule has 1 aromatic rings. The number of benzene rings is 1. The number of nitrogens with one attached hydrogen (secondary N) is 1. The van der Waals surface area contributed by atoms with Crippen molar-refractivity contribution in [1.29, 1.82) is 0 Å². The molecule has 0 bridgehead atoms. The second kappa shape index (κ2) is 10.3. The standard InChI is InChI=1S/C17H23N.C2H6/c1-15-9-8-10-16(13-15)14-18-12-7-5-6-11-17(2,3)4;1-2/h5,7-10,13,18H,12,14H2,1-4H3;1-2H3/b7-5+;. The summed E-state index contributed by atoms with van der Waals surface area (Å²) in [5.41, 5.74) is 2.71. The van der Waals surface area contributed by atoms with Crippen molar-refractivity contribution in [1.82, 2.24) is 5.32 Å². The normalized spacial score (nSPS) is 10.5. The van der Waals surface area contributed by atoms with Crippen LogP contribution >= 0.6 is 0 Å². The Balaban J connectivity index is 0.00000172. The van der Waals surface area contributed by atoms with E-state index in [4.69, 9.17) is 0 Å². The van der Waals surface area contributed by atoms with Gasteiger partial charge in [-0.1, -0.05) is 61.6 Å². The van der Waals surface area contributed by atoms with Crippen molar-refractivity contribution in [3.63, 3.8) is 0 Å². The zero-order valence-electron chi connectivity index (χ0n) is 13.9. The van der Waals surface area contributed by atoms with Crippen LogP contribution in [0.4, 0.5) is 0 Å². The Morgan fingerprint density at radius 2 is 1.90 bits per heavy atom. The Hall–Kier alpha value is -1.52. The van der Waals surface area contributed by atoms with Crippen LogP contribution in [0.5, 0.6) is 0 Å². The average Bonchev–Trinajstić information content (AvgIpc) is 2.39. The van der Waals surface area contributed by atoms with Gasteiger partial charge >= 0.3 is 0 Å². The van der Waals surface area contributed by atoms with E-state index in [1.165, 1.54) is 11.1 Å². The lowest BCUT2D eigenvalue weighted by Gasteiger charge is -2.05. The van der Waals surface area contributed by atoms with Crippen molar-refractivity contribution in [2.45, 2.75) is 48.1 Å². The highest BCUT2D eigenvalue weighted by molar-refractivity contribution is 5.22. The molecule has 1 nitrogen and oxygen atoms in total. The smallest absolute Gasteiger partial charge is 0.0233 e. The summed E-state index contributed by atoms with van der Waals surface area (Å²) in [5, 5.41) is 3.37. The summed E-state index contributed by atoms with van der Waals surface area (Å²) in [6, 6.07) is 8.56. The number of allylic oxidation sites excluding steroid dienone is 1. The molecule has 0 radical (unpaired) electrons. The first-order chi connectivity index (χ1) is 9.47. The third kappa shape index (κ3) is 10.4. The highest BCUT2D eigenvalue weighted by Gasteiger charge is 2.02. The molecule has 0 amide bonds. The lowest BCUT2D eigenvalue weighted by molar-refractivity contribution is 0.571. The molecule has 0 aliphatic rings. The van der Waals surface area contributed by atoms with Crippen molar-refractivity contribution >= 4 is 0 Å². The fourth-order valence-electron chi connectivity index (χ4n) is 1.50. The van der Waals surface area contributed by atoms with Gasteiger partial charge in [-0.15, -0.1) is 0 Å². The summed E-state index contributed by atoms with van der Waals surface area (Å²) in [6.07, 6.45) is 3.99. The number of hydrogen-bond acceptors (Lipinski definition) is 1. The first-order valence-corrected chi connectivity index (χ1v) is 7.41. The van der Waals surface area contributed by atoms with E-state index in [1.54, 1.807) is 0 Å². The molecule has 0 saturated heterocycles. The SMILES string of the molecule is CC.Cc1cccc(CNC/C=C/C#CC(C)(C)C)c1. The predicted octanol–water partition coefficient (Wildman–Crippen LogP) is 4.72. The Bertz CT molecular complexity index is 453. The van der Waals surface area contributed by atoms with Crippen LogP contribution in [-0.4, -0.2) is 6.54 Å². The molecule has 0 fully saturated rings. The van der Waals surface area contributed by atoms with Gasteiger partial charge in [0.25, 0.3) is 0 Å². The second-order valence-electron chi connectivity index (χ2n) is 5.54. The summed E-state index contributed by atoms with van der Waals surface area (Å²) in [7, 11) is 0. The van der Waals surface area contributed by atoms with Crippen molar-refractivity contribution in [3.8, 4) is 11.8 Å². The lowest BCUT2D eigenvalue weighted by atomic mass is 9.98. The van der Waals surface area contributed by atoms with Crippen LogP contribution in [0.3, 0.4) is 0 Å². The van der Waals surface area contributed by atoms with Gasteiger partial charge in [-0.2, -0.15) is 0 Å². The maximum Gasteiger partial charge on any atom is 0.0233 e. The molecule has 0 aromatic heterocycles. The number of aryl methyl sites for hydroxylation is 1. The Morgan fingerprint density at radius 1 is 1.20 bits per heavy atom. The van der Waals surface area contributed by atoms with Crippen LogP contribution in [0.2, 0.25) is 0 Å². The van der Waals surface area contributed by atoms with E-state index in [1.807, 2.05) is 19.9 Å². The van der Waals surface area contributed by atoms with E-state index in [9.17, 15) is 0 Å². The summed E-state index contributed by atoms with van der Waals surface area (Å²) < 4.78 is 0. The summed E-state index contributed by atoms with van der Waals surface area (Å²) in [4.78, 5) is 0. The molecule has 1 N–H and O–H groups in total. The largest absolute Gasteiger partial charge is 0.309 e. The summed E-state index contributed by atoms with van der Waals surface area (Å²) in [6.45, 7) is 14.2. The van der Waals surface area contributed by atoms with E-state index < -0.39 is 0 Å². The third-order valence-corrected chi connectivity index (χ3v) is 2.32. The van der Waals surface area contributed by atoms with E-state index >= 15 is 0 Å². The molecular formula is C19H29N. The van der Waals surface area contributed by atoms with Crippen LogP contribution in [0.1, 0.15) is 45.7 Å². The van der Waals surface area contributed by atoms with Gasteiger partial charge in [-0.05, 0) is 39.3 Å². The van der Waals surface area contributed by atoms with Crippen molar-refractivity contribution in [2.24, 2.45) is 5.41 Å². The predicted molar refractivity (Wildman–Crippen MR) is 90.6 cm³/mol. The van der Waals surface area contributed by atoms with Crippen LogP contribution in [0.15, 0.2) is 36.4 Å². The molecule has 1 heteroatoms. The molecule has 0 unspecified atom stereocenters. The van der Waals surface area contributed by atoms with Crippen molar-refractivity contribution in [2.75, 3.05) is 6.54 Å².